The van der Waals surface area contributed by atoms with Gasteiger partial charge in [0.2, 0.25) is 5.91 Å². The van der Waals surface area contributed by atoms with Gasteiger partial charge in [0, 0.05) is 31.7 Å². The highest BCUT2D eigenvalue weighted by molar-refractivity contribution is 5.86. The van der Waals surface area contributed by atoms with Crippen LogP contribution in [-0.2, 0) is 23.2 Å². The molecule has 1 aromatic carbocycles. The van der Waals surface area contributed by atoms with E-state index in [0.717, 1.165) is 30.2 Å². The lowest BCUT2D eigenvalue weighted by atomic mass is 9.86. The van der Waals surface area contributed by atoms with Gasteiger partial charge in [-0.25, -0.2) is 9.97 Å². The molecule has 160 valence electrons. The fourth-order valence-corrected chi connectivity index (χ4v) is 4.19. The van der Waals surface area contributed by atoms with Gasteiger partial charge in [-0.05, 0) is 35.8 Å². The lowest BCUT2D eigenvalue weighted by Crippen LogP contribution is -2.59. The number of carbonyl (C=O) groups is 1. The molecule has 0 saturated carbocycles. The summed E-state index contributed by atoms with van der Waals surface area (Å²) in [6.07, 6.45) is 3.75. The van der Waals surface area contributed by atoms with Crippen LogP contribution in [0, 0.1) is 0 Å². The summed E-state index contributed by atoms with van der Waals surface area (Å²) in [6, 6.07) is 8.42. The van der Waals surface area contributed by atoms with Crippen molar-refractivity contribution in [1.29, 1.82) is 0 Å². The second-order valence-corrected chi connectivity index (χ2v) is 9.47. The Morgan fingerprint density at radius 1 is 1.20 bits per heavy atom. The summed E-state index contributed by atoms with van der Waals surface area (Å²) >= 11 is 0. The third-order valence-corrected chi connectivity index (χ3v) is 6.27. The Kier molecular flexibility index (Phi) is 5.40. The van der Waals surface area contributed by atoms with Crippen molar-refractivity contribution in [1.82, 2.24) is 15.3 Å². The molecule has 2 aromatic rings. The van der Waals surface area contributed by atoms with Gasteiger partial charge in [-0.1, -0.05) is 45.0 Å². The fraction of sp³-hybridized carbons (Fsp3) is 0.522. The first-order valence-corrected chi connectivity index (χ1v) is 10.8. The minimum Gasteiger partial charge on any atom is -0.369 e. The van der Waals surface area contributed by atoms with Crippen molar-refractivity contribution < 1.29 is 4.79 Å². The lowest BCUT2D eigenvalue weighted by Gasteiger charge is -2.39. The molecule has 0 spiro atoms. The van der Waals surface area contributed by atoms with Crippen LogP contribution in [-0.4, -0.2) is 41.0 Å². The average molecular weight is 409 g/mol. The van der Waals surface area contributed by atoms with Crippen molar-refractivity contribution in [2.24, 2.45) is 5.73 Å². The predicted molar refractivity (Wildman–Crippen MR) is 120 cm³/mol. The van der Waals surface area contributed by atoms with Gasteiger partial charge in [-0.15, -0.1) is 0 Å². The molecule has 0 bridgehead atoms. The van der Waals surface area contributed by atoms with E-state index in [9.17, 15) is 4.79 Å². The molecular weight excluding hydrogens is 376 g/mol. The Bertz CT molecular complexity index is 910. The minimum atomic E-state index is -0.837. The molecule has 1 aromatic heterocycles. The van der Waals surface area contributed by atoms with E-state index in [2.05, 4.69) is 70.5 Å². The van der Waals surface area contributed by atoms with Crippen molar-refractivity contribution in [3.05, 3.63) is 47.3 Å². The zero-order valence-electron chi connectivity index (χ0n) is 18.2. The summed E-state index contributed by atoms with van der Waals surface area (Å²) in [4.78, 5) is 23.9. The number of rotatable bonds is 4. The number of nitrogens with one attached hydrogen (secondary N) is 2. The molecule has 4 N–H and O–H groups in total. The molecule has 30 heavy (non-hydrogen) atoms. The van der Waals surface area contributed by atoms with E-state index in [1.54, 1.807) is 6.33 Å². The van der Waals surface area contributed by atoms with Crippen LogP contribution in [0.3, 0.4) is 0 Å². The number of fused-ring (bicyclic) bond motifs is 1. The van der Waals surface area contributed by atoms with Crippen molar-refractivity contribution in [3.8, 4) is 0 Å². The average Bonchev–Trinajstić information content (AvgIpc) is 3.21. The normalized spacial score (nSPS) is 17.9. The maximum atomic E-state index is 12.9. The molecule has 1 amide bonds. The second kappa shape index (κ2) is 7.87. The van der Waals surface area contributed by atoms with Crippen LogP contribution in [0.25, 0.3) is 0 Å². The summed E-state index contributed by atoms with van der Waals surface area (Å²) in [6.45, 7) is 9.41. The van der Waals surface area contributed by atoms with E-state index in [-0.39, 0.29) is 11.3 Å². The predicted octanol–water partition coefficient (Wildman–Crippen LogP) is 2.36. The molecule has 0 aliphatic carbocycles. The van der Waals surface area contributed by atoms with E-state index in [0.29, 0.717) is 32.5 Å². The highest BCUT2D eigenvalue weighted by Gasteiger charge is 2.38. The van der Waals surface area contributed by atoms with E-state index >= 15 is 0 Å². The molecule has 2 aliphatic heterocycles. The standard InChI is InChI=1S/C23H32N6O/c1-22(2,3)17-6-4-16(5-7-17)14-26-21(30)23(24)9-12-29(13-10-23)20-18-8-11-25-19(18)27-15-28-20/h4-7,15H,8-14,24H2,1-3H3,(H,26,30)(H,25,27,28). The Morgan fingerprint density at radius 2 is 1.90 bits per heavy atom. The number of benzene rings is 1. The summed E-state index contributed by atoms with van der Waals surface area (Å²) in [5.41, 5.74) is 9.34. The maximum Gasteiger partial charge on any atom is 0.240 e. The van der Waals surface area contributed by atoms with E-state index < -0.39 is 5.54 Å². The first-order chi connectivity index (χ1) is 14.3. The molecule has 0 atom stereocenters. The van der Waals surface area contributed by atoms with Crippen LogP contribution in [0.5, 0.6) is 0 Å². The van der Waals surface area contributed by atoms with Crippen LogP contribution in [0.4, 0.5) is 11.6 Å². The summed E-state index contributed by atoms with van der Waals surface area (Å²) in [5.74, 6) is 1.84. The quantitative estimate of drug-likeness (QED) is 0.719. The molecule has 0 unspecified atom stereocenters. The SMILES string of the molecule is CC(C)(C)c1ccc(CNC(=O)C2(N)CCN(c3ncnc4c3CCN4)CC2)cc1. The van der Waals surface area contributed by atoms with Gasteiger partial charge in [-0.3, -0.25) is 4.79 Å². The van der Waals surface area contributed by atoms with Gasteiger partial charge < -0.3 is 21.3 Å². The number of hydrogen-bond acceptors (Lipinski definition) is 6. The number of anilines is 2. The monoisotopic (exact) mass is 408 g/mol. The van der Waals surface area contributed by atoms with Crippen molar-refractivity contribution in [2.45, 2.75) is 57.5 Å². The number of nitrogens with zero attached hydrogens (tertiary/aromatic N) is 3. The molecule has 7 nitrogen and oxygen atoms in total. The molecule has 0 radical (unpaired) electrons. The second-order valence-electron chi connectivity index (χ2n) is 9.47. The fourth-order valence-electron chi connectivity index (χ4n) is 4.19. The topological polar surface area (TPSA) is 96.2 Å². The third kappa shape index (κ3) is 4.12. The van der Waals surface area contributed by atoms with E-state index in [4.69, 9.17) is 5.73 Å². The summed E-state index contributed by atoms with van der Waals surface area (Å²) in [7, 11) is 0. The number of amides is 1. The van der Waals surface area contributed by atoms with Crippen LogP contribution in [0.15, 0.2) is 30.6 Å². The molecule has 7 heteroatoms. The first kappa shape index (κ1) is 20.6. The number of aromatic nitrogens is 2. The van der Waals surface area contributed by atoms with Crippen molar-refractivity contribution >= 4 is 17.5 Å². The molecule has 3 heterocycles. The zero-order chi connectivity index (χ0) is 21.4. The minimum absolute atomic E-state index is 0.0726. The number of hydrogen-bond donors (Lipinski definition) is 3. The third-order valence-electron chi connectivity index (χ3n) is 6.27. The van der Waals surface area contributed by atoms with Gasteiger partial charge in [0.1, 0.15) is 18.0 Å². The van der Waals surface area contributed by atoms with Gasteiger partial charge in [0.05, 0.1) is 5.54 Å². The Morgan fingerprint density at radius 3 is 2.57 bits per heavy atom. The Labute approximate surface area is 178 Å². The molecule has 4 rings (SSSR count). The van der Waals surface area contributed by atoms with Gasteiger partial charge in [0.15, 0.2) is 0 Å². The van der Waals surface area contributed by atoms with E-state index in [1.165, 1.54) is 11.1 Å². The molecule has 1 fully saturated rings. The number of carbonyl (C=O) groups excluding carboxylic acids is 1. The van der Waals surface area contributed by atoms with Crippen LogP contribution < -0.4 is 21.3 Å². The number of piperidine rings is 1. The smallest absolute Gasteiger partial charge is 0.240 e. The summed E-state index contributed by atoms with van der Waals surface area (Å²) in [5, 5.41) is 6.34. The van der Waals surface area contributed by atoms with Gasteiger partial charge in [0.25, 0.3) is 0 Å². The van der Waals surface area contributed by atoms with Gasteiger partial charge >= 0.3 is 0 Å². The molecule has 2 aliphatic rings. The van der Waals surface area contributed by atoms with Crippen LogP contribution >= 0.6 is 0 Å². The van der Waals surface area contributed by atoms with Gasteiger partial charge in [-0.2, -0.15) is 0 Å². The van der Waals surface area contributed by atoms with Crippen LogP contribution in [0.1, 0.15) is 50.3 Å². The zero-order valence-corrected chi connectivity index (χ0v) is 18.2. The Hall–Kier alpha value is -2.67. The first-order valence-electron chi connectivity index (χ1n) is 10.8. The Balaban J connectivity index is 1.34. The van der Waals surface area contributed by atoms with Crippen molar-refractivity contribution in [3.63, 3.8) is 0 Å². The van der Waals surface area contributed by atoms with Crippen molar-refractivity contribution in [2.75, 3.05) is 29.9 Å². The summed E-state index contributed by atoms with van der Waals surface area (Å²) < 4.78 is 0. The maximum absolute atomic E-state index is 12.9. The van der Waals surface area contributed by atoms with Crippen LogP contribution in [0.2, 0.25) is 0 Å². The number of nitrogens with two attached hydrogens (primary N) is 1. The van der Waals surface area contributed by atoms with E-state index in [1.807, 2.05) is 0 Å². The molecular formula is C23H32N6O. The highest BCUT2D eigenvalue weighted by atomic mass is 16.2. The highest BCUT2D eigenvalue weighted by Crippen LogP contribution is 2.31. The largest absolute Gasteiger partial charge is 0.369 e. The molecule has 1 saturated heterocycles. The lowest BCUT2D eigenvalue weighted by molar-refractivity contribution is -0.127.